The van der Waals surface area contributed by atoms with Crippen LogP contribution in [-0.4, -0.2) is 9.38 Å². The van der Waals surface area contributed by atoms with E-state index in [4.69, 9.17) is 46.4 Å². The van der Waals surface area contributed by atoms with Gasteiger partial charge in [0.1, 0.15) is 0 Å². The van der Waals surface area contributed by atoms with Gasteiger partial charge >= 0.3 is 0 Å². The third kappa shape index (κ3) is 2.41. The van der Waals surface area contributed by atoms with Crippen molar-refractivity contribution in [3.05, 3.63) is 56.7 Å². The van der Waals surface area contributed by atoms with Crippen molar-refractivity contribution in [2.24, 2.45) is 0 Å². The van der Waals surface area contributed by atoms with Gasteiger partial charge in [-0.2, -0.15) is 0 Å². The third-order valence-corrected chi connectivity index (χ3v) is 3.71. The molecule has 0 aliphatic heterocycles. The average molecular weight is 332 g/mol. The molecule has 0 saturated heterocycles. The molecule has 3 rings (SSSR count). The second kappa shape index (κ2) is 4.88. The lowest BCUT2D eigenvalue weighted by atomic mass is 10.2. The lowest BCUT2D eigenvalue weighted by Crippen LogP contribution is -1.82. The Hall–Kier alpha value is -0.930. The maximum Gasteiger partial charge on any atom is 0.156 e. The molecule has 0 amide bonds. The van der Waals surface area contributed by atoms with Crippen molar-refractivity contribution in [1.82, 2.24) is 9.38 Å². The number of aromatic nitrogens is 2. The lowest BCUT2D eigenvalue weighted by molar-refractivity contribution is 1.19. The van der Waals surface area contributed by atoms with Crippen LogP contribution in [0, 0.1) is 0 Å². The number of rotatable bonds is 1. The van der Waals surface area contributed by atoms with E-state index in [1.54, 1.807) is 28.8 Å². The molecule has 3 aromatic rings. The zero-order valence-electron chi connectivity index (χ0n) is 9.37. The molecule has 0 spiro atoms. The summed E-state index contributed by atoms with van der Waals surface area (Å²) in [5, 5.41) is 2.16. The van der Waals surface area contributed by atoms with Gasteiger partial charge in [0.15, 0.2) is 5.65 Å². The van der Waals surface area contributed by atoms with E-state index < -0.39 is 0 Å². The highest BCUT2D eigenvalue weighted by atomic mass is 35.5. The van der Waals surface area contributed by atoms with Crippen molar-refractivity contribution < 1.29 is 0 Å². The Morgan fingerprint density at radius 3 is 2.32 bits per heavy atom. The van der Waals surface area contributed by atoms with E-state index in [-0.39, 0.29) is 0 Å². The molecule has 6 heteroatoms. The van der Waals surface area contributed by atoms with Gasteiger partial charge in [-0.25, -0.2) is 4.98 Å². The number of benzene rings is 1. The van der Waals surface area contributed by atoms with Gasteiger partial charge in [-0.05, 0) is 24.3 Å². The van der Waals surface area contributed by atoms with Crippen LogP contribution in [0.2, 0.25) is 20.1 Å². The highest BCUT2D eigenvalue weighted by molar-refractivity contribution is 6.37. The molecule has 0 bridgehead atoms. The first-order valence-electron chi connectivity index (χ1n) is 5.34. The molecule has 0 unspecified atom stereocenters. The smallest absolute Gasteiger partial charge is 0.156 e. The van der Waals surface area contributed by atoms with Gasteiger partial charge in [-0.15, -0.1) is 0 Å². The van der Waals surface area contributed by atoms with Crippen LogP contribution >= 0.6 is 46.4 Å². The van der Waals surface area contributed by atoms with Gasteiger partial charge in [-0.3, -0.25) is 0 Å². The van der Waals surface area contributed by atoms with Crippen molar-refractivity contribution in [2.45, 2.75) is 0 Å². The Balaban J connectivity index is 2.23. The summed E-state index contributed by atoms with van der Waals surface area (Å²) in [7, 11) is 0. The van der Waals surface area contributed by atoms with Gasteiger partial charge < -0.3 is 4.40 Å². The number of imidazole rings is 1. The second-order valence-electron chi connectivity index (χ2n) is 3.99. The molecule has 2 nitrogen and oxygen atoms in total. The molecule has 0 atom stereocenters. The minimum absolute atomic E-state index is 0.490. The molecule has 0 radical (unpaired) electrons. The van der Waals surface area contributed by atoms with Crippen LogP contribution in [-0.2, 0) is 0 Å². The molecule has 0 saturated carbocycles. The van der Waals surface area contributed by atoms with Crippen LogP contribution < -0.4 is 0 Å². The van der Waals surface area contributed by atoms with Crippen molar-refractivity contribution in [3.8, 4) is 11.3 Å². The zero-order valence-corrected chi connectivity index (χ0v) is 12.4. The van der Waals surface area contributed by atoms with Crippen molar-refractivity contribution in [1.29, 1.82) is 0 Å². The van der Waals surface area contributed by atoms with Crippen LogP contribution in [0.3, 0.4) is 0 Å². The second-order valence-corrected chi connectivity index (χ2v) is 5.67. The first kappa shape index (κ1) is 13.1. The molecule has 96 valence electrons. The summed E-state index contributed by atoms with van der Waals surface area (Å²) >= 11 is 24.1. The minimum Gasteiger partial charge on any atom is -0.304 e. The zero-order chi connectivity index (χ0) is 13.6. The number of hydrogen-bond acceptors (Lipinski definition) is 1. The molecule has 0 fully saturated rings. The molecule has 0 aliphatic carbocycles. The summed E-state index contributed by atoms with van der Waals surface area (Å²) in [5.41, 5.74) is 2.14. The molecule has 2 heterocycles. The number of pyridine rings is 1. The monoisotopic (exact) mass is 330 g/mol. The number of halogens is 4. The Kier molecular flexibility index (Phi) is 3.35. The van der Waals surface area contributed by atoms with Crippen LogP contribution in [0.15, 0.2) is 36.7 Å². The summed E-state index contributed by atoms with van der Waals surface area (Å²) in [4.78, 5) is 4.46. The first-order valence-corrected chi connectivity index (χ1v) is 6.85. The first-order chi connectivity index (χ1) is 9.04. The maximum atomic E-state index is 6.17. The van der Waals surface area contributed by atoms with Gasteiger partial charge in [0, 0.05) is 23.0 Å². The number of nitrogens with zero attached hydrogens (tertiary/aromatic N) is 2. The summed E-state index contributed by atoms with van der Waals surface area (Å²) in [5.74, 6) is 0. The van der Waals surface area contributed by atoms with Crippen molar-refractivity contribution >= 4 is 52.1 Å². The fourth-order valence-electron chi connectivity index (χ4n) is 1.85. The summed E-state index contributed by atoms with van der Waals surface area (Å²) in [6.07, 6.45) is 3.56. The van der Waals surface area contributed by atoms with E-state index >= 15 is 0 Å². The van der Waals surface area contributed by atoms with E-state index in [1.165, 1.54) is 0 Å². The van der Waals surface area contributed by atoms with E-state index in [1.807, 2.05) is 12.3 Å². The fraction of sp³-hybridized carbons (Fsp3) is 0. The Bertz CT molecular complexity index is 780. The Morgan fingerprint density at radius 1 is 0.842 bits per heavy atom. The molecule has 1 aromatic carbocycles. The minimum atomic E-state index is 0.490. The molecule has 19 heavy (non-hydrogen) atoms. The highest BCUT2D eigenvalue weighted by Gasteiger charge is 2.11. The van der Waals surface area contributed by atoms with Crippen LogP contribution in [0.5, 0.6) is 0 Å². The topological polar surface area (TPSA) is 17.3 Å². The van der Waals surface area contributed by atoms with Crippen molar-refractivity contribution in [2.75, 3.05) is 0 Å². The largest absolute Gasteiger partial charge is 0.304 e. The average Bonchev–Trinajstić information content (AvgIpc) is 2.72. The predicted octanol–water partition coefficient (Wildman–Crippen LogP) is 5.61. The fourth-order valence-corrected chi connectivity index (χ4v) is 2.88. The SMILES string of the molecule is Clc1ccc(-c2cn3cc(Cl)cc(Cl)c3n2)c(Cl)c1. The van der Waals surface area contributed by atoms with E-state index in [9.17, 15) is 0 Å². The Morgan fingerprint density at radius 2 is 1.58 bits per heavy atom. The predicted molar refractivity (Wildman–Crippen MR) is 80.7 cm³/mol. The van der Waals surface area contributed by atoms with Crippen LogP contribution in [0.25, 0.3) is 16.9 Å². The molecule has 0 aliphatic rings. The summed E-state index contributed by atoms with van der Waals surface area (Å²) < 4.78 is 1.77. The standard InChI is InChI=1S/C13H6Cl4N2/c14-7-1-2-9(10(16)3-7)12-6-19-5-8(15)4-11(17)13(19)18-12/h1-6H. The normalized spacial score (nSPS) is 11.2. The summed E-state index contributed by atoms with van der Waals surface area (Å²) in [6, 6.07) is 6.92. The van der Waals surface area contributed by atoms with Gasteiger partial charge in [0.05, 0.1) is 20.8 Å². The molecular weight excluding hydrogens is 326 g/mol. The molecule has 0 N–H and O–H groups in total. The number of fused-ring (bicyclic) bond motifs is 1. The van der Waals surface area contributed by atoms with E-state index in [0.29, 0.717) is 31.4 Å². The molecular formula is C13H6Cl4N2. The third-order valence-electron chi connectivity index (χ3n) is 2.68. The summed E-state index contributed by atoms with van der Waals surface area (Å²) in [6.45, 7) is 0. The van der Waals surface area contributed by atoms with E-state index in [2.05, 4.69) is 4.98 Å². The van der Waals surface area contributed by atoms with Gasteiger partial charge in [-0.1, -0.05) is 46.4 Å². The van der Waals surface area contributed by atoms with E-state index in [0.717, 1.165) is 5.56 Å². The van der Waals surface area contributed by atoms with Crippen LogP contribution in [0.4, 0.5) is 0 Å². The lowest BCUT2D eigenvalue weighted by Gasteiger charge is -2.00. The quantitative estimate of drug-likeness (QED) is 0.566. The van der Waals surface area contributed by atoms with Gasteiger partial charge in [0.25, 0.3) is 0 Å². The molecule has 2 aromatic heterocycles. The highest BCUT2D eigenvalue weighted by Crippen LogP contribution is 2.31. The number of hydrogen-bond donors (Lipinski definition) is 0. The van der Waals surface area contributed by atoms with Gasteiger partial charge in [0.2, 0.25) is 0 Å². The van der Waals surface area contributed by atoms with Crippen LogP contribution in [0.1, 0.15) is 0 Å². The van der Waals surface area contributed by atoms with Crippen molar-refractivity contribution in [3.63, 3.8) is 0 Å². The maximum absolute atomic E-state index is 6.17. The Labute approximate surface area is 129 Å².